The molecule has 0 saturated heterocycles. The molecule has 0 fully saturated rings. The SMILES string of the molecule is C=C(Br)/C=C(/C)C(=C)C.C=C/C(C#N)=C\C(=C)C. The van der Waals surface area contributed by atoms with Gasteiger partial charge in [0.05, 0.1) is 11.6 Å². The molecule has 0 aromatic heterocycles. The second-order valence-corrected chi connectivity index (χ2v) is 4.84. The lowest BCUT2D eigenvalue weighted by Crippen LogP contribution is -1.74. The summed E-state index contributed by atoms with van der Waals surface area (Å²) in [5.74, 6) is 0. The van der Waals surface area contributed by atoms with E-state index in [2.05, 4.69) is 42.2 Å². The molecule has 0 saturated carbocycles. The van der Waals surface area contributed by atoms with Crippen molar-refractivity contribution >= 4 is 15.9 Å². The molecule has 2 heteroatoms. The van der Waals surface area contributed by atoms with Gasteiger partial charge < -0.3 is 0 Å². The maximum atomic E-state index is 8.34. The standard InChI is InChI=1S/C8H11Br.C8H9N/c1-6(2)7(3)5-8(4)9;1-4-8(6-9)5-7(2)3/h5H,1,4H2,2-3H3;4-5H,1-2H2,3H3/b7-5-;8-5+. The first-order chi connectivity index (χ1) is 8.24. The highest BCUT2D eigenvalue weighted by molar-refractivity contribution is 9.11. The first-order valence-corrected chi connectivity index (χ1v) is 6.12. The fraction of sp³-hybridized carbons (Fsp3) is 0.188. The zero-order valence-electron chi connectivity index (χ0n) is 11.4. The van der Waals surface area contributed by atoms with Crippen LogP contribution in [-0.2, 0) is 0 Å². The normalized spacial score (nSPS) is 10.6. The molecule has 0 aliphatic heterocycles. The molecule has 0 aromatic rings. The Hall–Kier alpha value is -1.59. The number of halogens is 1. The molecular formula is C16H20BrN. The van der Waals surface area contributed by atoms with E-state index in [9.17, 15) is 0 Å². The number of rotatable bonds is 4. The molecule has 96 valence electrons. The van der Waals surface area contributed by atoms with Gasteiger partial charge in [0.2, 0.25) is 0 Å². The highest BCUT2D eigenvalue weighted by Crippen LogP contribution is 2.11. The van der Waals surface area contributed by atoms with Gasteiger partial charge in [-0.2, -0.15) is 5.26 Å². The van der Waals surface area contributed by atoms with Gasteiger partial charge in [0.25, 0.3) is 0 Å². The molecule has 0 heterocycles. The van der Waals surface area contributed by atoms with Crippen molar-refractivity contribution < 1.29 is 0 Å². The van der Waals surface area contributed by atoms with E-state index in [1.807, 2.05) is 32.9 Å². The van der Waals surface area contributed by atoms with Crippen LogP contribution in [0.4, 0.5) is 0 Å². The average Bonchev–Trinajstić information content (AvgIpc) is 2.25. The molecule has 0 N–H and O–H groups in total. The van der Waals surface area contributed by atoms with E-state index in [1.54, 1.807) is 6.08 Å². The summed E-state index contributed by atoms with van der Waals surface area (Å²) < 4.78 is 0.892. The Morgan fingerprint density at radius 3 is 1.72 bits per heavy atom. The Morgan fingerprint density at radius 1 is 1.11 bits per heavy atom. The number of hydrogen-bond donors (Lipinski definition) is 0. The third-order valence-electron chi connectivity index (χ3n) is 1.80. The van der Waals surface area contributed by atoms with Crippen molar-refractivity contribution in [2.24, 2.45) is 0 Å². The third kappa shape index (κ3) is 12.5. The summed E-state index contributed by atoms with van der Waals surface area (Å²) in [7, 11) is 0. The second kappa shape index (κ2) is 10.6. The molecule has 0 radical (unpaired) electrons. The highest BCUT2D eigenvalue weighted by atomic mass is 79.9. The molecule has 0 bridgehead atoms. The minimum Gasteiger partial charge on any atom is -0.192 e. The quantitative estimate of drug-likeness (QED) is 0.489. The van der Waals surface area contributed by atoms with Gasteiger partial charge in [-0.15, -0.1) is 0 Å². The molecule has 1 nitrogen and oxygen atoms in total. The molecule has 0 spiro atoms. The van der Waals surface area contributed by atoms with Crippen LogP contribution < -0.4 is 0 Å². The fourth-order valence-electron chi connectivity index (χ4n) is 0.760. The topological polar surface area (TPSA) is 23.8 Å². The van der Waals surface area contributed by atoms with Crippen LogP contribution in [0.25, 0.3) is 0 Å². The van der Waals surface area contributed by atoms with Crippen LogP contribution in [0.3, 0.4) is 0 Å². The maximum absolute atomic E-state index is 8.34. The van der Waals surface area contributed by atoms with Crippen LogP contribution in [0, 0.1) is 11.3 Å². The fourth-order valence-corrected chi connectivity index (χ4v) is 1.10. The van der Waals surface area contributed by atoms with E-state index in [0.717, 1.165) is 21.2 Å². The number of nitrogens with zero attached hydrogens (tertiary/aromatic N) is 1. The minimum absolute atomic E-state index is 0.558. The van der Waals surface area contributed by atoms with Crippen LogP contribution in [0.2, 0.25) is 0 Å². The van der Waals surface area contributed by atoms with Gasteiger partial charge >= 0.3 is 0 Å². The molecule has 0 rings (SSSR count). The van der Waals surface area contributed by atoms with Crippen molar-refractivity contribution in [1.82, 2.24) is 0 Å². The van der Waals surface area contributed by atoms with E-state index in [-0.39, 0.29) is 0 Å². The Morgan fingerprint density at radius 2 is 1.61 bits per heavy atom. The van der Waals surface area contributed by atoms with Gasteiger partial charge in [0, 0.05) is 4.48 Å². The average molecular weight is 306 g/mol. The van der Waals surface area contributed by atoms with Crippen LogP contribution in [-0.4, -0.2) is 0 Å². The molecule has 0 aromatic carbocycles. The zero-order valence-corrected chi connectivity index (χ0v) is 13.0. The smallest absolute Gasteiger partial charge is 0.0991 e. The van der Waals surface area contributed by atoms with Crippen molar-refractivity contribution in [2.45, 2.75) is 20.8 Å². The van der Waals surface area contributed by atoms with E-state index in [4.69, 9.17) is 5.26 Å². The summed E-state index contributed by atoms with van der Waals surface area (Å²) in [5, 5.41) is 8.34. The van der Waals surface area contributed by atoms with Gasteiger partial charge in [-0.3, -0.25) is 0 Å². The van der Waals surface area contributed by atoms with Crippen molar-refractivity contribution in [3.8, 4) is 6.07 Å². The van der Waals surface area contributed by atoms with E-state index in [1.165, 1.54) is 6.08 Å². The molecular weight excluding hydrogens is 286 g/mol. The monoisotopic (exact) mass is 305 g/mol. The number of allylic oxidation sites excluding steroid dienone is 8. The zero-order chi connectivity index (χ0) is 14.7. The van der Waals surface area contributed by atoms with Crippen LogP contribution in [0.5, 0.6) is 0 Å². The van der Waals surface area contributed by atoms with Crippen LogP contribution >= 0.6 is 15.9 Å². The molecule has 0 atom stereocenters. The molecule has 0 aliphatic rings. The molecule has 0 unspecified atom stereocenters. The highest BCUT2D eigenvalue weighted by Gasteiger charge is 1.87. The minimum atomic E-state index is 0.558. The summed E-state index contributed by atoms with van der Waals surface area (Å²) >= 11 is 3.23. The lowest BCUT2D eigenvalue weighted by molar-refractivity contribution is 1.36. The first-order valence-electron chi connectivity index (χ1n) is 5.32. The predicted octanol–water partition coefficient (Wildman–Crippen LogP) is 5.62. The summed E-state index contributed by atoms with van der Waals surface area (Å²) in [6.45, 7) is 20.3. The van der Waals surface area contributed by atoms with Crippen molar-refractivity contribution in [3.05, 3.63) is 71.3 Å². The van der Waals surface area contributed by atoms with E-state index < -0.39 is 0 Å². The van der Waals surface area contributed by atoms with Crippen molar-refractivity contribution in [1.29, 1.82) is 5.26 Å². The largest absolute Gasteiger partial charge is 0.192 e. The van der Waals surface area contributed by atoms with Crippen molar-refractivity contribution in [3.63, 3.8) is 0 Å². The van der Waals surface area contributed by atoms with E-state index >= 15 is 0 Å². The second-order valence-electron chi connectivity index (χ2n) is 3.82. The third-order valence-corrected chi connectivity index (χ3v) is 2.03. The number of hydrogen-bond acceptors (Lipinski definition) is 1. The van der Waals surface area contributed by atoms with Gasteiger partial charge in [0.1, 0.15) is 0 Å². The maximum Gasteiger partial charge on any atom is 0.0991 e. The Balaban J connectivity index is 0. The Kier molecular flexibility index (Phi) is 11.0. The summed E-state index contributed by atoms with van der Waals surface area (Å²) in [4.78, 5) is 0. The van der Waals surface area contributed by atoms with Gasteiger partial charge in [-0.05, 0) is 38.5 Å². The van der Waals surface area contributed by atoms with Crippen LogP contribution in [0.1, 0.15) is 20.8 Å². The molecule has 0 aliphatic carbocycles. The first kappa shape index (κ1) is 18.8. The summed E-state index contributed by atoms with van der Waals surface area (Å²) in [6.07, 6.45) is 5.14. The van der Waals surface area contributed by atoms with Gasteiger partial charge in [-0.25, -0.2) is 0 Å². The lowest BCUT2D eigenvalue weighted by Gasteiger charge is -1.95. The lowest BCUT2D eigenvalue weighted by atomic mass is 10.1. The molecule has 18 heavy (non-hydrogen) atoms. The van der Waals surface area contributed by atoms with E-state index in [0.29, 0.717) is 5.57 Å². The van der Waals surface area contributed by atoms with Crippen molar-refractivity contribution in [2.75, 3.05) is 0 Å². The predicted molar refractivity (Wildman–Crippen MR) is 85.3 cm³/mol. The Bertz CT molecular complexity index is 442. The number of nitriles is 1. The van der Waals surface area contributed by atoms with Crippen LogP contribution in [0.15, 0.2) is 71.3 Å². The molecule has 0 amide bonds. The van der Waals surface area contributed by atoms with Gasteiger partial charge in [0.15, 0.2) is 0 Å². The summed E-state index contributed by atoms with van der Waals surface area (Å²) in [5.41, 5.74) is 3.67. The van der Waals surface area contributed by atoms with Gasteiger partial charge in [-0.1, -0.05) is 59.5 Å². The summed E-state index contributed by atoms with van der Waals surface area (Å²) in [6, 6.07) is 1.97. The Labute approximate surface area is 119 Å².